The van der Waals surface area contributed by atoms with Crippen molar-refractivity contribution in [3.8, 4) is 0 Å². The van der Waals surface area contributed by atoms with Crippen LogP contribution < -0.4 is 11.1 Å². The number of rotatable bonds is 3. The zero-order chi connectivity index (χ0) is 12.4. The summed E-state index contributed by atoms with van der Waals surface area (Å²) >= 11 is 0. The Hall–Kier alpha value is -1.58. The lowest BCUT2D eigenvalue weighted by molar-refractivity contribution is 0.0910. The van der Waals surface area contributed by atoms with E-state index in [1.54, 1.807) is 0 Å². The molecule has 1 unspecified atom stereocenters. The summed E-state index contributed by atoms with van der Waals surface area (Å²) in [6.07, 6.45) is 3.57. The van der Waals surface area contributed by atoms with Crippen molar-refractivity contribution in [2.75, 3.05) is 5.73 Å². The lowest BCUT2D eigenvalue weighted by Gasteiger charge is -2.31. The third kappa shape index (κ3) is 2.57. The number of carbonyl (C=O) groups is 1. The number of nitrogens with one attached hydrogen (secondary N) is 1. The number of hydrogen-bond donors (Lipinski definition) is 2. The number of amides is 1. The van der Waals surface area contributed by atoms with Gasteiger partial charge in [0.25, 0.3) is 5.91 Å². The molecule has 1 fully saturated rings. The summed E-state index contributed by atoms with van der Waals surface area (Å²) in [5.74, 6) is -0.0754. The number of halogens is 1. The summed E-state index contributed by atoms with van der Waals surface area (Å²) in [5, 5.41) is 2.92. The van der Waals surface area contributed by atoms with Crippen LogP contribution in [-0.2, 0) is 0 Å². The second kappa shape index (κ2) is 4.73. The minimum absolute atomic E-state index is 0.153. The van der Waals surface area contributed by atoms with Crippen molar-refractivity contribution in [1.29, 1.82) is 0 Å². The van der Waals surface area contributed by atoms with E-state index in [9.17, 15) is 9.18 Å². The normalized spacial score (nSPS) is 17.3. The Labute approximate surface area is 100 Å². The molecule has 1 saturated carbocycles. The van der Waals surface area contributed by atoms with E-state index in [1.165, 1.54) is 37.5 Å². The van der Waals surface area contributed by atoms with E-state index in [-0.39, 0.29) is 17.6 Å². The first-order valence-corrected chi connectivity index (χ1v) is 5.94. The molecule has 0 bridgehead atoms. The summed E-state index contributed by atoms with van der Waals surface area (Å²) in [6, 6.07) is 4.00. The highest BCUT2D eigenvalue weighted by Crippen LogP contribution is 2.29. The molecule has 3 N–H and O–H groups in total. The van der Waals surface area contributed by atoms with Gasteiger partial charge in [-0.25, -0.2) is 4.39 Å². The molecular weight excluding hydrogens is 219 g/mol. The monoisotopic (exact) mass is 236 g/mol. The van der Waals surface area contributed by atoms with Crippen LogP contribution in [0.5, 0.6) is 0 Å². The van der Waals surface area contributed by atoms with Crippen molar-refractivity contribution in [3.05, 3.63) is 29.6 Å². The fourth-order valence-electron chi connectivity index (χ4n) is 2.08. The van der Waals surface area contributed by atoms with Crippen LogP contribution in [0.2, 0.25) is 0 Å². The number of nitrogens with two attached hydrogens (primary N) is 1. The number of benzene rings is 1. The van der Waals surface area contributed by atoms with Gasteiger partial charge < -0.3 is 11.1 Å². The summed E-state index contributed by atoms with van der Waals surface area (Å²) < 4.78 is 12.9. The smallest absolute Gasteiger partial charge is 0.253 e. The maximum absolute atomic E-state index is 12.9. The first kappa shape index (κ1) is 11.9. The van der Waals surface area contributed by atoms with E-state index < -0.39 is 5.82 Å². The lowest BCUT2D eigenvalue weighted by Crippen LogP contribution is -2.40. The van der Waals surface area contributed by atoms with Gasteiger partial charge in [0, 0.05) is 11.7 Å². The fraction of sp³-hybridized carbons (Fsp3) is 0.462. The zero-order valence-corrected chi connectivity index (χ0v) is 9.87. The van der Waals surface area contributed by atoms with Gasteiger partial charge in [-0.2, -0.15) is 0 Å². The SMILES string of the molecule is CC(NC(=O)c1ccc(F)cc1N)C1CCC1. The topological polar surface area (TPSA) is 55.1 Å². The molecule has 92 valence electrons. The van der Waals surface area contributed by atoms with Crippen LogP contribution in [0.15, 0.2) is 18.2 Å². The summed E-state index contributed by atoms with van der Waals surface area (Å²) in [6.45, 7) is 2.00. The van der Waals surface area contributed by atoms with Gasteiger partial charge >= 0.3 is 0 Å². The van der Waals surface area contributed by atoms with Crippen molar-refractivity contribution in [3.63, 3.8) is 0 Å². The highest BCUT2D eigenvalue weighted by atomic mass is 19.1. The standard InChI is InChI=1S/C13H17FN2O/c1-8(9-3-2-4-9)16-13(17)11-6-5-10(14)7-12(11)15/h5-9H,2-4,15H2,1H3,(H,16,17). The van der Waals surface area contributed by atoms with E-state index in [4.69, 9.17) is 5.73 Å². The van der Waals surface area contributed by atoms with Crippen LogP contribution in [0.4, 0.5) is 10.1 Å². The van der Waals surface area contributed by atoms with Crippen LogP contribution >= 0.6 is 0 Å². The molecule has 0 saturated heterocycles. The van der Waals surface area contributed by atoms with Gasteiger partial charge in [0.05, 0.1) is 5.56 Å². The molecule has 0 radical (unpaired) electrons. The van der Waals surface area contributed by atoms with Gasteiger partial charge in [0.2, 0.25) is 0 Å². The molecule has 1 amide bonds. The van der Waals surface area contributed by atoms with Crippen LogP contribution in [0.1, 0.15) is 36.5 Å². The maximum Gasteiger partial charge on any atom is 0.253 e. The Morgan fingerprint density at radius 2 is 2.24 bits per heavy atom. The van der Waals surface area contributed by atoms with Gasteiger partial charge in [-0.05, 0) is 43.9 Å². The third-order valence-corrected chi connectivity index (χ3v) is 3.47. The first-order valence-electron chi connectivity index (χ1n) is 5.94. The van der Waals surface area contributed by atoms with Crippen molar-refractivity contribution in [2.24, 2.45) is 5.92 Å². The van der Waals surface area contributed by atoms with E-state index in [1.807, 2.05) is 6.92 Å². The molecular formula is C13H17FN2O. The van der Waals surface area contributed by atoms with Crippen molar-refractivity contribution >= 4 is 11.6 Å². The van der Waals surface area contributed by atoms with Gasteiger partial charge in [-0.1, -0.05) is 6.42 Å². The second-order valence-corrected chi connectivity index (χ2v) is 4.68. The minimum atomic E-state index is -0.425. The molecule has 1 aliphatic carbocycles. The molecule has 0 aromatic heterocycles. The summed E-state index contributed by atoms with van der Waals surface area (Å²) in [5.41, 5.74) is 6.15. The largest absolute Gasteiger partial charge is 0.398 e. The molecule has 0 spiro atoms. The predicted molar refractivity (Wildman–Crippen MR) is 65.1 cm³/mol. The first-order chi connectivity index (χ1) is 8.08. The number of carbonyl (C=O) groups excluding carboxylic acids is 1. The molecule has 0 aliphatic heterocycles. The molecule has 2 rings (SSSR count). The van der Waals surface area contributed by atoms with Crippen molar-refractivity contribution in [2.45, 2.75) is 32.2 Å². The third-order valence-electron chi connectivity index (χ3n) is 3.47. The molecule has 1 aliphatic rings. The minimum Gasteiger partial charge on any atom is -0.398 e. The number of hydrogen-bond acceptors (Lipinski definition) is 2. The van der Waals surface area contributed by atoms with Crippen LogP contribution in [0.25, 0.3) is 0 Å². The Kier molecular flexibility index (Phi) is 3.31. The van der Waals surface area contributed by atoms with E-state index in [0.717, 1.165) is 0 Å². The second-order valence-electron chi connectivity index (χ2n) is 4.68. The fourth-order valence-corrected chi connectivity index (χ4v) is 2.08. The van der Waals surface area contributed by atoms with Gasteiger partial charge in [0.15, 0.2) is 0 Å². The average Bonchev–Trinajstić information content (AvgIpc) is 2.13. The summed E-state index contributed by atoms with van der Waals surface area (Å²) in [4.78, 5) is 11.9. The zero-order valence-electron chi connectivity index (χ0n) is 9.87. The molecule has 0 heterocycles. The highest BCUT2D eigenvalue weighted by Gasteiger charge is 2.25. The maximum atomic E-state index is 12.9. The number of nitrogen functional groups attached to an aromatic ring is 1. The number of anilines is 1. The van der Waals surface area contributed by atoms with E-state index >= 15 is 0 Å². The quantitative estimate of drug-likeness (QED) is 0.791. The van der Waals surface area contributed by atoms with Gasteiger partial charge in [0.1, 0.15) is 5.82 Å². The van der Waals surface area contributed by atoms with E-state index in [0.29, 0.717) is 11.5 Å². The Morgan fingerprint density at radius 1 is 1.53 bits per heavy atom. The van der Waals surface area contributed by atoms with Crippen molar-refractivity contribution in [1.82, 2.24) is 5.32 Å². The van der Waals surface area contributed by atoms with Crippen LogP contribution in [0.3, 0.4) is 0 Å². The lowest BCUT2D eigenvalue weighted by atomic mass is 9.80. The molecule has 4 heteroatoms. The molecule has 1 aromatic rings. The van der Waals surface area contributed by atoms with E-state index in [2.05, 4.69) is 5.32 Å². The molecule has 17 heavy (non-hydrogen) atoms. The Balaban J connectivity index is 2.03. The Morgan fingerprint density at radius 3 is 2.76 bits per heavy atom. The molecule has 1 atom stereocenters. The van der Waals surface area contributed by atoms with Gasteiger partial charge in [-0.15, -0.1) is 0 Å². The van der Waals surface area contributed by atoms with Gasteiger partial charge in [-0.3, -0.25) is 4.79 Å². The average molecular weight is 236 g/mol. The molecule has 3 nitrogen and oxygen atoms in total. The highest BCUT2D eigenvalue weighted by molar-refractivity contribution is 5.99. The van der Waals surface area contributed by atoms with Crippen LogP contribution in [-0.4, -0.2) is 11.9 Å². The van der Waals surface area contributed by atoms with Crippen LogP contribution in [0, 0.1) is 11.7 Å². The summed E-state index contributed by atoms with van der Waals surface area (Å²) in [7, 11) is 0. The predicted octanol–water partition coefficient (Wildman–Crippen LogP) is 2.33. The van der Waals surface area contributed by atoms with Crippen molar-refractivity contribution < 1.29 is 9.18 Å². The Bertz CT molecular complexity index is 429. The molecule has 1 aromatic carbocycles.